The molecular weight excluding hydrogens is 292 g/mol. The first-order valence-corrected chi connectivity index (χ1v) is 8.13. The summed E-state index contributed by atoms with van der Waals surface area (Å²) in [7, 11) is 0. The van der Waals surface area contributed by atoms with Crippen molar-refractivity contribution in [1.82, 2.24) is 16.0 Å². The minimum Gasteiger partial charge on any atom is -0.507 e. The van der Waals surface area contributed by atoms with Gasteiger partial charge in [-0.2, -0.15) is 0 Å². The zero-order valence-corrected chi connectivity index (χ0v) is 14.2. The van der Waals surface area contributed by atoms with E-state index < -0.39 is 0 Å². The molecule has 1 aromatic carbocycles. The molecule has 0 spiro atoms. The monoisotopic (exact) mass is 320 g/mol. The fraction of sp³-hybridized carbons (Fsp3) is 0.529. The molecular formula is C17H28N4O2. The number of nitrogens with one attached hydrogen (secondary N) is 3. The summed E-state index contributed by atoms with van der Waals surface area (Å²) in [5, 5.41) is 18.7. The molecule has 0 atom stereocenters. The van der Waals surface area contributed by atoms with Gasteiger partial charge in [0.05, 0.1) is 5.56 Å². The summed E-state index contributed by atoms with van der Waals surface area (Å²) in [5.41, 5.74) is 0.282. The van der Waals surface area contributed by atoms with Gasteiger partial charge in [-0.15, -0.1) is 0 Å². The maximum Gasteiger partial charge on any atom is 0.255 e. The number of hydrogen-bond acceptors (Lipinski definition) is 3. The molecule has 0 aliphatic rings. The average Bonchev–Trinajstić information content (AvgIpc) is 2.51. The normalized spacial score (nSPS) is 11.4. The van der Waals surface area contributed by atoms with Crippen LogP contribution in [0.15, 0.2) is 29.3 Å². The fourth-order valence-electron chi connectivity index (χ4n) is 1.89. The number of aliphatic imine (C=N–C) groups is 1. The predicted octanol–water partition coefficient (Wildman–Crippen LogP) is 1.72. The van der Waals surface area contributed by atoms with E-state index in [-0.39, 0.29) is 17.2 Å². The Kier molecular flexibility index (Phi) is 8.57. The summed E-state index contributed by atoms with van der Waals surface area (Å²) in [6, 6.07) is 6.49. The van der Waals surface area contributed by atoms with Gasteiger partial charge in [-0.25, -0.2) is 0 Å². The van der Waals surface area contributed by atoms with Gasteiger partial charge < -0.3 is 21.1 Å². The van der Waals surface area contributed by atoms with E-state index in [9.17, 15) is 9.90 Å². The number of hydrogen-bond donors (Lipinski definition) is 4. The first kappa shape index (κ1) is 18.8. The van der Waals surface area contributed by atoms with Crippen molar-refractivity contribution in [2.45, 2.75) is 27.2 Å². The number of carbonyl (C=O) groups is 1. The molecule has 0 unspecified atom stereocenters. The lowest BCUT2D eigenvalue weighted by Gasteiger charge is -2.12. The Balaban J connectivity index is 2.36. The number of phenolic OH excluding ortho intramolecular Hbond substituents is 1. The first-order valence-electron chi connectivity index (χ1n) is 8.13. The largest absolute Gasteiger partial charge is 0.507 e. The van der Waals surface area contributed by atoms with Crippen LogP contribution in [0, 0.1) is 5.92 Å². The standard InChI is InChI=1S/C17H28N4O2/c1-4-18-17(20-10-9-13(2)3)21-12-11-19-16(23)14-7-5-6-8-15(14)22/h5-8,13,22H,4,9-12H2,1-3H3,(H,19,23)(H2,18,20,21). The van der Waals surface area contributed by atoms with Crippen LogP contribution in [0.25, 0.3) is 0 Å². The van der Waals surface area contributed by atoms with Gasteiger partial charge in [0, 0.05) is 26.2 Å². The molecule has 23 heavy (non-hydrogen) atoms. The Labute approximate surface area is 138 Å². The van der Waals surface area contributed by atoms with E-state index in [0.717, 1.165) is 25.5 Å². The molecule has 4 N–H and O–H groups in total. The van der Waals surface area contributed by atoms with Crippen LogP contribution in [-0.4, -0.2) is 43.2 Å². The highest BCUT2D eigenvalue weighted by molar-refractivity contribution is 5.96. The van der Waals surface area contributed by atoms with Crippen molar-refractivity contribution in [3.63, 3.8) is 0 Å². The van der Waals surface area contributed by atoms with Gasteiger partial charge >= 0.3 is 0 Å². The second-order valence-electron chi connectivity index (χ2n) is 5.64. The van der Waals surface area contributed by atoms with E-state index in [1.54, 1.807) is 18.2 Å². The van der Waals surface area contributed by atoms with Crippen LogP contribution in [0.4, 0.5) is 0 Å². The van der Waals surface area contributed by atoms with Gasteiger partial charge in [-0.1, -0.05) is 26.0 Å². The topological polar surface area (TPSA) is 85.8 Å². The Morgan fingerprint density at radius 3 is 2.52 bits per heavy atom. The zero-order valence-electron chi connectivity index (χ0n) is 14.2. The SMILES string of the molecule is CCNC(=NCCC(C)C)NCCNC(=O)c1ccccc1O. The van der Waals surface area contributed by atoms with Gasteiger partial charge in [-0.05, 0) is 31.4 Å². The van der Waals surface area contributed by atoms with E-state index in [2.05, 4.69) is 34.8 Å². The lowest BCUT2D eigenvalue weighted by molar-refractivity contribution is 0.0951. The highest BCUT2D eigenvalue weighted by Gasteiger charge is 2.09. The summed E-state index contributed by atoms with van der Waals surface area (Å²) in [6.45, 7) is 8.93. The third kappa shape index (κ3) is 7.54. The van der Waals surface area contributed by atoms with E-state index >= 15 is 0 Å². The Morgan fingerprint density at radius 2 is 1.87 bits per heavy atom. The minimum atomic E-state index is -0.286. The third-order valence-electron chi connectivity index (χ3n) is 3.17. The van der Waals surface area contributed by atoms with Crippen molar-refractivity contribution in [2.24, 2.45) is 10.9 Å². The maximum absolute atomic E-state index is 11.9. The van der Waals surface area contributed by atoms with Crippen LogP contribution < -0.4 is 16.0 Å². The molecule has 0 saturated heterocycles. The number of phenols is 1. The summed E-state index contributed by atoms with van der Waals surface area (Å²) in [6.07, 6.45) is 1.04. The Hall–Kier alpha value is -2.24. The Morgan fingerprint density at radius 1 is 1.17 bits per heavy atom. The molecule has 0 radical (unpaired) electrons. The first-order chi connectivity index (χ1) is 11.0. The van der Waals surface area contributed by atoms with Crippen molar-refractivity contribution in [3.05, 3.63) is 29.8 Å². The van der Waals surface area contributed by atoms with Crippen molar-refractivity contribution in [2.75, 3.05) is 26.2 Å². The van der Waals surface area contributed by atoms with E-state index in [0.29, 0.717) is 19.0 Å². The lowest BCUT2D eigenvalue weighted by Crippen LogP contribution is -2.41. The second-order valence-corrected chi connectivity index (χ2v) is 5.64. The second kappa shape index (κ2) is 10.5. The molecule has 1 amide bonds. The number of nitrogens with zero attached hydrogens (tertiary/aromatic N) is 1. The number of carbonyl (C=O) groups excluding carboxylic acids is 1. The molecule has 0 bridgehead atoms. The van der Waals surface area contributed by atoms with Crippen LogP contribution in [0.3, 0.4) is 0 Å². The van der Waals surface area contributed by atoms with Crippen LogP contribution in [0.2, 0.25) is 0 Å². The summed E-state index contributed by atoms with van der Waals surface area (Å²) < 4.78 is 0. The predicted molar refractivity (Wildman–Crippen MR) is 93.9 cm³/mol. The average molecular weight is 320 g/mol. The molecule has 0 saturated carbocycles. The van der Waals surface area contributed by atoms with Crippen LogP contribution >= 0.6 is 0 Å². The molecule has 6 nitrogen and oxygen atoms in total. The number of para-hydroxylation sites is 1. The molecule has 128 valence electrons. The smallest absolute Gasteiger partial charge is 0.255 e. The van der Waals surface area contributed by atoms with E-state index in [1.807, 2.05) is 6.92 Å². The molecule has 0 aromatic heterocycles. The molecule has 1 aromatic rings. The molecule has 0 fully saturated rings. The van der Waals surface area contributed by atoms with Crippen LogP contribution in [0.5, 0.6) is 5.75 Å². The molecule has 6 heteroatoms. The number of rotatable bonds is 8. The van der Waals surface area contributed by atoms with E-state index in [4.69, 9.17) is 0 Å². The number of guanidine groups is 1. The highest BCUT2D eigenvalue weighted by atomic mass is 16.3. The number of amides is 1. The van der Waals surface area contributed by atoms with Crippen molar-refractivity contribution in [3.8, 4) is 5.75 Å². The fourth-order valence-corrected chi connectivity index (χ4v) is 1.89. The van der Waals surface area contributed by atoms with Gasteiger partial charge in [0.15, 0.2) is 5.96 Å². The lowest BCUT2D eigenvalue weighted by atomic mass is 10.1. The summed E-state index contributed by atoms with van der Waals surface area (Å²) in [4.78, 5) is 16.4. The minimum absolute atomic E-state index is 0.0125. The summed E-state index contributed by atoms with van der Waals surface area (Å²) in [5.74, 6) is 1.08. The highest BCUT2D eigenvalue weighted by Crippen LogP contribution is 2.14. The zero-order chi connectivity index (χ0) is 17.1. The van der Waals surface area contributed by atoms with Crippen LogP contribution in [-0.2, 0) is 0 Å². The van der Waals surface area contributed by atoms with Crippen LogP contribution in [0.1, 0.15) is 37.6 Å². The molecule has 1 rings (SSSR count). The quantitative estimate of drug-likeness (QED) is 0.334. The Bertz CT molecular complexity index is 515. The molecule has 0 aliphatic carbocycles. The van der Waals surface area contributed by atoms with Crippen molar-refractivity contribution >= 4 is 11.9 Å². The molecule has 0 heterocycles. The van der Waals surface area contributed by atoms with Gasteiger partial charge in [0.2, 0.25) is 0 Å². The number of benzene rings is 1. The van der Waals surface area contributed by atoms with Crippen molar-refractivity contribution < 1.29 is 9.90 Å². The van der Waals surface area contributed by atoms with Crippen molar-refractivity contribution in [1.29, 1.82) is 0 Å². The molecule has 0 aliphatic heterocycles. The van der Waals surface area contributed by atoms with Gasteiger partial charge in [0.25, 0.3) is 5.91 Å². The van der Waals surface area contributed by atoms with Gasteiger partial charge in [-0.3, -0.25) is 9.79 Å². The number of aromatic hydroxyl groups is 1. The summed E-state index contributed by atoms with van der Waals surface area (Å²) >= 11 is 0. The van der Waals surface area contributed by atoms with E-state index in [1.165, 1.54) is 6.07 Å². The third-order valence-corrected chi connectivity index (χ3v) is 3.17. The maximum atomic E-state index is 11.9. The van der Waals surface area contributed by atoms with Gasteiger partial charge in [0.1, 0.15) is 5.75 Å².